The third kappa shape index (κ3) is 5.64. The Morgan fingerprint density at radius 1 is 1.15 bits per heavy atom. The van der Waals surface area contributed by atoms with E-state index < -0.39 is 0 Å². The Bertz CT molecular complexity index is 785. The maximum absolute atomic E-state index is 12.9. The molecule has 0 saturated heterocycles. The molecular weight excluding hydrogens is 346 g/mol. The first kappa shape index (κ1) is 19.5. The maximum atomic E-state index is 12.9. The number of hydrogen-bond donors (Lipinski definition) is 1. The molecule has 1 unspecified atom stereocenters. The van der Waals surface area contributed by atoms with Gasteiger partial charge in [0.2, 0.25) is 11.8 Å². The molecule has 0 aliphatic rings. The van der Waals surface area contributed by atoms with Gasteiger partial charge in [-0.05, 0) is 43.3 Å². The second kappa shape index (κ2) is 9.64. The zero-order chi connectivity index (χ0) is 18.9. The number of amides is 2. The van der Waals surface area contributed by atoms with Crippen LogP contribution in [0.1, 0.15) is 20.3 Å². The van der Waals surface area contributed by atoms with E-state index in [1.807, 2.05) is 61.5 Å². The minimum absolute atomic E-state index is 0.0395. The van der Waals surface area contributed by atoms with Gasteiger partial charge >= 0.3 is 0 Å². The number of rotatable bonds is 7. The zero-order valence-corrected chi connectivity index (χ0v) is 15.6. The fourth-order valence-corrected chi connectivity index (χ4v) is 3.36. The number of nitrogens with one attached hydrogen (secondary N) is 1. The average molecular weight is 367 g/mol. The Labute approximate surface area is 158 Å². The van der Waals surface area contributed by atoms with Crippen molar-refractivity contribution in [3.63, 3.8) is 0 Å². The minimum Gasteiger partial charge on any atom is -0.326 e. The lowest BCUT2D eigenvalue weighted by atomic mass is 10.2. The predicted octanol–water partition coefficient (Wildman–Crippen LogP) is 4.07. The van der Waals surface area contributed by atoms with Crippen LogP contribution >= 0.6 is 11.8 Å². The second-order valence-electron chi connectivity index (χ2n) is 5.70. The van der Waals surface area contributed by atoms with Crippen molar-refractivity contribution in [3.8, 4) is 6.07 Å². The van der Waals surface area contributed by atoms with E-state index in [4.69, 9.17) is 5.26 Å². The Morgan fingerprint density at radius 3 is 2.38 bits per heavy atom. The molecule has 0 bridgehead atoms. The Balaban J connectivity index is 2.08. The van der Waals surface area contributed by atoms with E-state index in [1.54, 1.807) is 4.90 Å². The molecule has 5 nitrogen and oxygen atoms in total. The van der Waals surface area contributed by atoms with E-state index in [0.29, 0.717) is 6.54 Å². The number of carbonyl (C=O) groups excluding carboxylic acids is 2. The minimum atomic E-state index is -0.305. The number of para-hydroxylation sites is 1. The lowest BCUT2D eigenvalue weighted by Crippen LogP contribution is -2.37. The van der Waals surface area contributed by atoms with Crippen molar-refractivity contribution in [2.45, 2.75) is 30.4 Å². The SMILES string of the molecule is CC(=O)Nc1ccc(SC(C)C(=O)N(CCC#N)c2ccccc2)cc1. The summed E-state index contributed by atoms with van der Waals surface area (Å²) in [4.78, 5) is 26.6. The van der Waals surface area contributed by atoms with E-state index in [-0.39, 0.29) is 23.5 Å². The molecule has 6 heteroatoms. The van der Waals surface area contributed by atoms with E-state index >= 15 is 0 Å². The standard InChI is InChI=1S/C20H21N3O2S/c1-15(26-19-11-9-17(10-12-19)22-16(2)24)20(25)23(14-6-13-21)18-7-4-3-5-8-18/h3-5,7-12,15H,6,14H2,1-2H3,(H,22,24). The van der Waals surface area contributed by atoms with Crippen LogP contribution in [0.15, 0.2) is 59.5 Å². The van der Waals surface area contributed by atoms with Crippen molar-refractivity contribution in [2.75, 3.05) is 16.8 Å². The van der Waals surface area contributed by atoms with Gasteiger partial charge in [-0.3, -0.25) is 9.59 Å². The lowest BCUT2D eigenvalue weighted by Gasteiger charge is -2.25. The topological polar surface area (TPSA) is 73.2 Å². The average Bonchev–Trinajstić information content (AvgIpc) is 2.64. The van der Waals surface area contributed by atoms with Crippen molar-refractivity contribution in [1.82, 2.24) is 0 Å². The van der Waals surface area contributed by atoms with Crippen LogP contribution in [0, 0.1) is 11.3 Å². The third-order valence-corrected chi connectivity index (χ3v) is 4.72. The monoisotopic (exact) mass is 367 g/mol. The van der Waals surface area contributed by atoms with Crippen LogP contribution in [0.5, 0.6) is 0 Å². The molecule has 0 fully saturated rings. The van der Waals surface area contributed by atoms with Crippen LogP contribution in [0.4, 0.5) is 11.4 Å². The molecule has 2 aromatic rings. The summed E-state index contributed by atoms with van der Waals surface area (Å²) in [6, 6.07) is 18.9. The van der Waals surface area contributed by atoms with Gasteiger partial charge in [0.1, 0.15) is 0 Å². The van der Waals surface area contributed by atoms with Crippen LogP contribution in [0.2, 0.25) is 0 Å². The first-order valence-electron chi connectivity index (χ1n) is 8.29. The molecule has 2 rings (SSSR count). The van der Waals surface area contributed by atoms with E-state index in [1.165, 1.54) is 18.7 Å². The van der Waals surface area contributed by atoms with Crippen LogP contribution in [0.25, 0.3) is 0 Å². The molecule has 0 spiro atoms. The second-order valence-corrected chi connectivity index (χ2v) is 7.11. The zero-order valence-electron chi connectivity index (χ0n) is 14.8. The lowest BCUT2D eigenvalue weighted by molar-refractivity contribution is -0.118. The smallest absolute Gasteiger partial charge is 0.240 e. The quantitative estimate of drug-likeness (QED) is 0.749. The molecule has 134 valence electrons. The fraction of sp³-hybridized carbons (Fsp3) is 0.250. The summed E-state index contributed by atoms with van der Waals surface area (Å²) in [5.41, 5.74) is 1.52. The highest BCUT2D eigenvalue weighted by Crippen LogP contribution is 2.27. The molecular formula is C20H21N3O2S. The summed E-state index contributed by atoms with van der Waals surface area (Å²) in [7, 11) is 0. The molecule has 2 amide bonds. The van der Waals surface area contributed by atoms with E-state index in [2.05, 4.69) is 11.4 Å². The number of nitrogens with zero attached hydrogens (tertiary/aromatic N) is 2. The number of nitriles is 1. The summed E-state index contributed by atoms with van der Waals surface area (Å²) >= 11 is 1.45. The fourth-order valence-electron chi connectivity index (χ4n) is 2.43. The predicted molar refractivity (Wildman–Crippen MR) is 105 cm³/mol. The number of benzene rings is 2. The molecule has 1 atom stereocenters. The normalized spacial score (nSPS) is 11.3. The number of anilines is 2. The van der Waals surface area contributed by atoms with Gasteiger partial charge in [0, 0.05) is 29.7 Å². The molecule has 2 aromatic carbocycles. The van der Waals surface area contributed by atoms with Crippen molar-refractivity contribution >= 4 is 35.0 Å². The van der Waals surface area contributed by atoms with Crippen molar-refractivity contribution in [1.29, 1.82) is 5.26 Å². The highest BCUT2D eigenvalue weighted by molar-refractivity contribution is 8.00. The molecule has 0 aromatic heterocycles. The van der Waals surface area contributed by atoms with Gasteiger partial charge in [0.25, 0.3) is 0 Å². The van der Waals surface area contributed by atoms with Gasteiger partial charge in [-0.1, -0.05) is 18.2 Å². The van der Waals surface area contributed by atoms with Crippen LogP contribution in [-0.4, -0.2) is 23.6 Å². The summed E-state index contributed by atoms with van der Waals surface area (Å²) in [6.07, 6.45) is 0.281. The summed E-state index contributed by atoms with van der Waals surface area (Å²) in [5.74, 6) is -0.160. The molecule has 0 saturated carbocycles. The first-order valence-corrected chi connectivity index (χ1v) is 9.17. The molecule has 0 aliphatic carbocycles. The molecule has 0 aliphatic heterocycles. The van der Waals surface area contributed by atoms with Gasteiger partial charge < -0.3 is 10.2 Å². The van der Waals surface area contributed by atoms with Crippen LogP contribution in [-0.2, 0) is 9.59 Å². The largest absolute Gasteiger partial charge is 0.326 e. The number of thioether (sulfide) groups is 1. The van der Waals surface area contributed by atoms with Gasteiger partial charge in [0.05, 0.1) is 17.7 Å². The van der Waals surface area contributed by atoms with Gasteiger partial charge in [-0.15, -0.1) is 11.8 Å². The molecule has 0 heterocycles. The van der Waals surface area contributed by atoms with Crippen molar-refractivity contribution in [2.24, 2.45) is 0 Å². The highest BCUT2D eigenvalue weighted by atomic mass is 32.2. The van der Waals surface area contributed by atoms with Gasteiger partial charge in [-0.2, -0.15) is 5.26 Å². The Hall–Kier alpha value is -2.78. The summed E-state index contributed by atoms with van der Waals surface area (Å²) in [6.45, 7) is 3.69. The summed E-state index contributed by atoms with van der Waals surface area (Å²) < 4.78 is 0. The Morgan fingerprint density at radius 2 is 1.81 bits per heavy atom. The van der Waals surface area contributed by atoms with E-state index in [9.17, 15) is 9.59 Å². The van der Waals surface area contributed by atoms with Crippen molar-refractivity contribution in [3.05, 3.63) is 54.6 Å². The number of carbonyl (C=O) groups is 2. The van der Waals surface area contributed by atoms with E-state index in [0.717, 1.165) is 16.3 Å². The highest BCUT2D eigenvalue weighted by Gasteiger charge is 2.22. The summed E-state index contributed by atoms with van der Waals surface area (Å²) in [5, 5.41) is 11.3. The maximum Gasteiger partial charge on any atom is 0.240 e. The molecule has 26 heavy (non-hydrogen) atoms. The number of hydrogen-bond acceptors (Lipinski definition) is 4. The Kier molecular flexibility index (Phi) is 7.24. The third-order valence-electron chi connectivity index (χ3n) is 3.62. The molecule has 0 radical (unpaired) electrons. The van der Waals surface area contributed by atoms with Gasteiger partial charge in [-0.25, -0.2) is 0 Å². The van der Waals surface area contributed by atoms with Gasteiger partial charge in [0.15, 0.2) is 0 Å². The van der Waals surface area contributed by atoms with Crippen molar-refractivity contribution < 1.29 is 9.59 Å². The van der Waals surface area contributed by atoms with Crippen LogP contribution < -0.4 is 10.2 Å². The first-order chi connectivity index (χ1) is 12.5. The molecule has 1 N–H and O–H groups in total. The van der Waals surface area contributed by atoms with Crippen LogP contribution in [0.3, 0.4) is 0 Å².